The Kier molecular flexibility index (Phi) is 4.41. The van der Waals surface area contributed by atoms with Gasteiger partial charge in [-0.15, -0.1) is 0 Å². The Morgan fingerprint density at radius 1 is 1.48 bits per heavy atom. The molecule has 0 radical (unpaired) electrons. The monoisotopic (exact) mass is 365 g/mol. The molecule has 1 spiro atoms. The summed E-state index contributed by atoms with van der Waals surface area (Å²) >= 11 is 5.73. The summed E-state index contributed by atoms with van der Waals surface area (Å²) in [5.41, 5.74) is 0.942. The number of halogens is 2. The van der Waals surface area contributed by atoms with Crippen LogP contribution in [-0.2, 0) is 16.2 Å². The standard InChI is InChI=1S/C18H21ClFN3O2/c19-14-4-3-13(7-15(14)20)10-23-6-5-18(11-23)8-16(22-25-18)17(24)21-9-12-1-2-12/h3-4,7,12H,1-2,5-6,8-11H2,(H,21,24). The number of nitrogens with zero attached hydrogens (tertiary/aromatic N) is 2. The van der Waals surface area contributed by atoms with Crippen molar-refractivity contribution in [2.75, 3.05) is 19.6 Å². The highest BCUT2D eigenvalue weighted by Gasteiger charge is 2.46. The van der Waals surface area contributed by atoms with E-state index in [4.69, 9.17) is 16.4 Å². The second kappa shape index (κ2) is 6.57. The van der Waals surface area contributed by atoms with Crippen LogP contribution in [0.1, 0.15) is 31.2 Å². The number of carbonyl (C=O) groups is 1. The number of benzene rings is 1. The highest BCUT2D eigenvalue weighted by Crippen LogP contribution is 2.35. The first-order chi connectivity index (χ1) is 12.0. The maximum absolute atomic E-state index is 13.6. The van der Waals surface area contributed by atoms with Gasteiger partial charge in [0.25, 0.3) is 5.91 Å². The van der Waals surface area contributed by atoms with Crippen LogP contribution < -0.4 is 5.32 Å². The van der Waals surface area contributed by atoms with Crippen LogP contribution in [0.15, 0.2) is 23.4 Å². The van der Waals surface area contributed by atoms with Crippen LogP contribution in [-0.4, -0.2) is 41.8 Å². The minimum atomic E-state index is -0.419. The van der Waals surface area contributed by atoms with Gasteiger partial charge in [0.2, 0.25) is 0 Å². The van der Waals surface area contributed by atoms with Crippen molar-refractivity contribution in [1.82, 2.24) is 10.2 Å². The molecule has 1 amide bonds. The van der Waals surface area contributed by atoms with Gasteiger partial charge in [0.15, 0.2) is 5.60 Å². The van der Waals surface area contributed by atoms with Crippen molar-refractivity contribution in [3.8, 4) is 0 Å². The van der Waals surface area contributed by atoms with Gasteiger partial charge in [-0.1, -0.05) is 22.8 Å². The first-order valence-electron chi connectivity index (χ1n) is 8.73. The quantitative estimate of drug-likeness (QED) is 0.873. The molecule has 2 heterocycles. The Morgan fingerprint density at radius 3 is 3.08 bits per heavy atom. The lowest BCUT2D eigenvalue weighted by molar-refractivity contribution is -0.115. The minimum Gasteiger partial charge on any atom is -0.387 e. The van der Waals surface area contributed by atoms with E-state index in [9.17, 15) is 9.18 Å². The molecule has 7 heteroatoms. The van der Waals surface area contributed by atoms with E-state index in [0.717, 1.165) is 25.1 Å². The number of hydrogen-bond acceptors (Lipinski definition) is 4. The first-order valence-corrected chi connectivity index (χ1v) is 9.10. The molecule has 3 aliphatic rings. The van der Waals surface area contributed by atoms with Crippen LogP contribution in [0.4, 0.5) is 4.39 Å². The van der Waals surface area contributed by atoms with Crippen LogP contribution in [0, 0.1) is 11.7 Å². The summed E-state index contributed by atoms with van der Waals surface area (Å²) in [6, 6.07) is 4.88. The van der Waals surface area contributed by atoms with Crippen molar-refractivity contribution in [3.05, 3.63) is 34.6 Å². The van der Waals surface area contributed by atoms with Crippen molar-refractivity contribution in [3.63, 3.8) is 0 Å². The molecule has 1 atom stereocenters. The molecule has 0 aromatic heterocycles. The molecular weight excluding hydrogens is 345 g/mol. The summed E-state index contributed by atoms with van der Waals surface area (Å²) in [4.78, 5) is 20.0. The Bertz CT molecular complexity index is 722. The van der Waals surface area contributed by atoms with E-state index in [2.05, 4.69) is 15.4 Å². The van der Waals surface area contributed by atoms with Crippen LogP contribution in [0.25, 0.3) is 0 Å². The molecular formula is C18H21ClFN3O2. The van der Waals surface area contributed by atoms with Gasteiger partial charge in [-0.05, 0) is 36.5 Å². The fourth-order valence-corrected chi connectivity index (χ4v) is 3.60. The zero-order valence-corrected chi connectivity index (χ0v) is 14.7. The lowest BCUT2D eigenvalue weighted by atomic mass is 9.96. The van der Waals surface area contributed by atoms with Gasteiger partial charge in [0.05, 0.1) is 5.02 Å². The first kappa shape index (κ1) is 16.8. The van der Waals surface area contributed by atoms with Gasteiger partial charge in [0, 0.05) is 39.0 Å². The molecule has 1 aromatic rings. The Hall–Kier alpha value is -1.66. The maximum atomic E-state index is 13.6. The Labute approximate surface area is 151 Å². The second-order valence-electron chi connectivity index (χ2n) is 7.35. The van der Waals surface area contributed by atoms with E-state index in [1.807, 2.05) is 6.07 Å². The molecule has 134 valence electrons. The molecule has 25 heavy (non-hydrogen) atoms. The molecule has 1 unspecified atom stereocenters. The van der Waals surface area contributed by atoms with Crippen LogP contribution in [0.5, 0.6) is 0 Å². The number of carbonyl (C=O) groups excluding carboxylic acids is 1. The van der Waals surface area contributed by atoms with Crippen molar-refractivity contribution in [1.29, 1.82) is 0 Å². The third kappa shape index (κ3) is 3.80. The predicted octanol–water partition coefficient (Wildman–Crippen LogP) is 2.73. The van der Waals surface area contributed by atoms with E-state index >= 15 is 0 Å². The molecule has 2 fully saturated rings. The molecule has 1 N–H and O–H groups in total. The zero-order chi connectivity index (χ0) is 17.4. The fraction of sp³-hybridized carbons (Fsp3) is 0.556. The number of oxime groups is 1. The molecule has 0 bridgehead atoms. The summed E-state index contributed by atoms with van der Waals surface area (Å²) < 4.78 is 13.6. The molecule has 4 rings (SSSR count). The fourth-order valence-electron chi connectivity index (χ4n) is 3.48. The summed E-state index contributed by atoms with van der Waals surface area (Å²) in [5, 5.41) is 7.11. The van der Waals surface area contributed by atoms with Gasteiger partial charge < -0.3 is 10.2 Å². The van der Waals surface area contributed by atoms with E-state index < -0.39 is 11.4 Å². The largest absolute Gasteiger partial charge is 0.387 e. The number of hydrogen-bond donors (Lipinski definition) is 1. The van der Waals surface area contributed by atoms with E-state index in [1.165, 1.54) is 18.9 Å². The van der Waals surface area contributed by atoms with Crippen LogP contribution >= 0.6 is 11.6 Å². The number of nitrogens with one attached hydrogen (secondary N) is 1. The van der Waals surface area contributed by atoms with Gasteiger partial charge >= 0.3 is 0 Å². The lowest BCUT2D eigenvalue weighted by Crippen LogP contribution is -2.37. The summed E-state index contributed by atoms with van der Waals surface area (Å²) in [7, 11) is 0. The highest BCUT2D eigenvalue weighted by atomic mass is 35.5. The minimum absolute atomic E-state index is 0.109. The van der Waals surface area contributed by atoms with E-state index in [-0.39, 0.29) is 10.9 Å². The van der Waals surface area contributed by atoms with Gasteiger partial charge in [-0.3, -0.25) is 9.69 Å². The molecule has 1 saturated carbocycles. The van der Waals surface area contributed by atoms with Crippen LogP contribution in [0.2, 0.25) is 5.02 Å². The average molecular weight is 366 g/mol. The molecule has 5 nitrogen and oxygen atoms in total. The SMILES string of the molecule is O=C(NCC1CC1)C1=NOC2(CCN(Cc3ccc(Cl)c(F)c3)C2)C1. The van der Waals surface area contributed by atoms with Crippen molar-refractivity contribution >= 4 is 23.2 Å². The summed E-state index contributed by atoms with van der Waals surface area (Å²) in [6.45, 7) is 2.87. The third-order valence-corrected chi connectivity index (χ3v) is 5.44. The van der Waals surface area contributed by atoms with Crippen LogP contribution in [0.3, 0.4) is 0 Å². The van der Waals surface area contributed by atoms with Crippen molar-refractivity contribution < 1.29 is 14.0 Å². The number of rotatable bonds is 5. The van der Waals surface area contributed by atoms with E-state index in [0.29, 0.717) is 31.1 Å². The van der Waals surface area contributed by atoms with Gasteiger partial charge in [-0.2, -0.15) is 0 Å². The summed E-state index contributed by atoms with van der Waals surface area (Å²) in [5.74, 6) is 0.132. The number of likely N-dealkylation sites (tertiary alicyclic amines) is 1. The van der Waals surface area contributed by atoms with Crippen molar-refractivity contribution in [2.24, 2.45) is 11.1 Å². The highest BCUT2D eigenvalue weighted by molar-refractivity contribution is 6.39. The molecule has 1 aliphatic carbocycles. The Balaban J connectivity index is 1.31. The second-order valence-corrected chi connectivity index (χ2v) is 7.76. The predicted molar refractivity (Wildman–Crippen MR) is 92.9 cm³/mol. The topological polar surface area (TPSA) is 53.9 Å². The normalized spacial score (nSPS) is 25.9. The zero-order valence-electron chi connectivity index (χ0n) is 13.9. The smallest absolute Gasteiger partial charge is 0.269 e. The van der Waals surface area contributed by atoms with Gasteiger partial charge in [0.1, 0.15) is 11.5 Å². The summed E-state index contributed by atoms with van der Waals surface area (Å²) in [6.07, 6.45) is 3.75. The number of amides is 1. The Morgan fingerprint density at radius 2 is 2.32 bits per heavy atom. The van der Waals surface area contributed by atoms with Crippen molar-refractivity contribution in [2.45, 2.75) is 37.8 Å². The molecule has 1 saturated heterocycles. The lowest BCUT2D eigenvalue weighted by Gasteiger charge is -2.21. The van der Waals surface area contributed by atoms with E-state index in [1.54, 1.807) is 6.07 Å². The average Bonchev–Trinajstić information content (AvgIpc) is 3.22. The van der Waals surface area contributed by atoms with Gasteiger partial charge in [-0.25, -0.2) is 4.39 Å². The maximum Gasteiger partial charge on any atom is 0.269 e. The third-order valence-electron chi connectivity index (χ3n) is 5.14. The molecule has 2 aliphatic heterocycles. The molecule has 1 aromatic carbocycles.